The predicted molar refractivity (Wildman–Crippen MR) is 140 cm³/mol. The van der Waals surface area contributed by atoms with Gasteiger partial charge in [0.15, 0.2) is 8.32 Å². The molecule has 1 N–H and O–H groups in total. The number of halogens is 3. The lowest BCUT2D eigenvalue weighted by atomic mass is 9.82. The molecule has 2 aromatic carbocycles. The van der Waals surface area contributed by atoms with Gasteiger partial charge in [0.1, 0.15) is 16.8 Å². The Kier molecular flexibility index (Phi) is 7.97. The van der Waals surface area contributed by atoms with E-state index in [0.29, 0.717) is 23.9 Å². The Morgan fingerprint density at radius 3 is 2.40 bits per heavy atom. The first-order chi connectivity index (χ1) is 16.1. The van der Waals surface area contributed by atoms with Crippen LogP contribution in [0.3, 0.4) is 0 Å². The molecule has 0 saturated carbocycles. The zero-order chi connectivity index (χ0) is 26.2. The van der Waals surface area contributed by atoms with E-state index in [9.17, 15) is 12.8 Å². The van der Waals surface area contributed by atoms with Gasteiger partial charge >= 0.3 is 0 Å². The maximum atomic E-state index is 14.1. The number of hydrogen-bond acceptors (Lipinski definition) is 5. The number of anilines is 1. The average molecular weight is 559 g/mol. The zero-order valence-corrected chi connectivity index (χ0v) is 23.8. The summed E-state index contributed by atoms with van der Waals surface area (Å²) in [4.78, 5) is 0.00426. The molecule has 6 nitrogen and oxygen atoms in total. The second-order valence-corrected chi connectivity index (χ2v) is 18.1. The topological polar surface area (TPSA) is 82.4 Å². The van der Waals surface area contributed by atoms with Crippen molar-refractivity contribution in [3.8, 4) is 6.07 Å². The third kappa shape index (κ3) is 6.01. The number of hydrogen-bond donors (Lipinski definition) is 1. The highest BCUT2D eigenvalue weighted by atomic mass is 35.5. The molecule has 1 fully saturated rings. The van der Waals surface area contributed by atoms with Crippen molar-refractivity contribution in [2.24, 2.45) is 5.41 Å². The molecule has 0 spiro atoms. The maximum Gasteiger partial charge on any atom is 0.244 e. The SMILES string of the molecule is CC(C)(C)[Si](C)(C)OCC1(CNc2ccc(C#N)c(F)c2)CN(S(=O)(=O)c2ccc(Cl)cc2Cl)C1. The number of nitrogens with one attached hydrogen (secondary N) is 1. The van der Waals surface area contributed by atoms with Crippen LogP contribution >= 0.6 is 23.2 Å². The normalized spacial score (nSPS) is 16.4. The molecule has 0 aromatic heterocycles. The summed E-state index contributed by atoms with van der Waals surface area (Å²) in [5.41, 5.74) is -0.0474. The quantitative estimate of drug-likeness (QED) is 0.395. The molecule has 190 valence electrons. The minimum Gasteiger partial charge on any atom is -0.416 e. The summed E-state index contributed by atoms with van der Waals surface area (Å²) < 4.78 is 48.4. The van der Waals surface area contributed by atoms with E-state index in [1.807, 2.05) is 0 Å². The van der Waals surface area contributed by atoms with E-state index in [1.165, 1.54) is 34.6 Å². The van der Waals surface area contributed by atoms with Gasteiger partial charge in [-0.25, -0.2) is 12.8 Å². The number of rotatable bonds is 8. The van der Waals surface area contributed by atoms with Gasteiger partial charge in [0, 0.05) is 42.4 Å². The lowest BCUT2D eigenvalue weighted by Gasteiger charge is -2.51. The van der Waals surface area contributed by atoms with Crippen LogP contribution in [0.15, 0.2) is 41.3 Å². The maximum absolute atomic E-state index is 14.1. The first-order valence-corrected chi connectivity index (χ1v) is 16.2. The van der Waals surface area contributed by atoms with Crippen molar-refractivity contribution < 1.29 is 17.2 Å². The van der Waals surface area contributed by atoms with Gasteiger partial charge in [-0.05, 0) is 54.5 Å². The van der Waals surface area contributed by atoms with Crippen molar-refractivity contribution in [3.05, 3.63) is 57.8 Å². The molecule has 0 atom stereocenters. The molecule has 35 heavy (non-hydrogen) atoms. The molecule has 0 unspecified atom stereocenters. The third-order valence-corrected chi connectivity index (χ3v) is 13.8. The van der Waals surface area contributed by atoms with Crippen LogP contribution in [0.4, 0.5) is 10.1 Å². The van der Waals surface area contributed by atoms with Crippen LogP contribution in [0.1, 0.15) is 26.3 Å². The number of sulfonamides is 1. The van der Waals surface area contributed by atoms with Gasteiger partial charge in [-0.3, -0.25) is 0 Å². The second kappa shape index (κ2) is 10.00. The van der Waals surface area contributed by atoms with E-state index in [0.717, 1.165) is 0 Å². The number of nitriles is 1. The number of benzene rings is 2. The monoisotopic (exact) mass is 557 g/mol. The van der Waals surface area contributed by atoms with Crippen molar-refractivity contribution in [2.75, 3.05) is 31.6 Å². The lowest BCUT2D eigenvalue weighted by molar-refractivity contribution is 0.0252. The molecule has 1 saturated heterocycles. The summed E-state index contributed by atoms with van der Waals surface area (Å²) in [6, 6.07) is 10.4. The fraction of sp³-hybridized carbons (Fsp3) is 0.458. The van der Waals surface area contributed by atoms with E-state index >= 15 is 0 Å². The minimum atomic E-state index is -3.83. The highest BCUT2D eigenvalue weighted by Crippen LogP contribution is 2.41. The summed E-state index contributed by atoms with van der Waals surface area (Å²) in [7, 11) is -5.93. The molecule has 0 bridgehead atoms. The fourth-order valence-corrected chi connectivity index (χ4v) is 7.02. The lowest BCUT2D eigenvalue weighted by Crippen LogP contribution is -2.64. The van der Waals surface area contributed by atoms with Gasteiger partial charge < -0.3 is 9.74 Å². The second-order valence-electron chi connectivity index (χ2n) is 10.6. The van der Waals surface area contributed by atoms with Crippen LogP contribution in [0.5, 0.6) is 0 Å². The van der Waals surface area contributed by atoms with E-state index < -0.39 is 29.6 Å². The molecular formula is C24H30Cl2FN3O3SSi. The van der Waals surface area contributed by atoms with Crippen LogP contribution in [0, 0.1) is 22.6 Å². The molecule has 0 radical (unpaired) electrons. The Balaban J connectivity index is 1.82. The summed E-state index contributed by atoms with van der Waals surface area (Å²) in [5.74, 6) is -0.612. The van der Waals surface area contributed by atoms with E-state index in [1.54, 1.807) is 12.1 Å². The number of nitrogens with zero attached hydrogens (tertiary/aromatic N) is 2. The average Bonchev–Trinajstić information content (AvgIpc) is 2.71. The van der Waals surface area contributed by atoms with Crippen LogP contribution in [-0.4, -0.2) is 47.3 Å². The zero-order valence-electron chi connectivity index (χ0n) is 20.5. The summed E-state index contributed by atoms with van der Waals surface area (Å²) >= 11 is 12.1. The van der Waals surface area contributed by atoms with E-state index in [4.69, 9.17) is 32.9 Å². The van der Waals surface area contributed by atoms with Gasteiger partial charge in [0.2, 0.25) is 10.0 Å². The molecular weight excluding hydrogens is 528 g/mol. The van der Waals surface area contributed by atoms with E-state index in [2.05, 4.69) is 39.2 Å². The first-order valence-electron chi connectivity index (χ1n) is 11.1. The van der Waals surface area contributed by atoms with Gasteiger partial charge in [-0.15, -0.1) is 0 Å². The molecule has 11 heteroatoms. The van der Waals surface area contributed by atoms with Crippen LogP contribution in [-0.2, 0) is 14.4 Å². The standard InChI is InChI=1S/C24H30Cl2FN3O3SSi/c1-23(2,3)35(4,5)33-16-24(13-29-19-8-6-17(12-28)21(27)11-19)14-30(15-24)34(31,32)22-9-7-18(25)10-20(22)26/h6-11,29H,13-16H2,1-5H3. The molecule has 0 aliphatic carbocycles. The summed E-state index contributed by atoms with van der Waals surface area (Å²) in [6.07, 6.45) is 0. The molecule has 0 amide bonds. The van der Waals surface area contributed by atoms with Gasteiger partial charge in [0.25, 0.3) is 0 Å². The van der Waals surface area contributed by atoms with Gasteiger partial charge in [-0.1, -0.05) is 44.0 Å². The van der Waals surface area contributed by atoms with E-state index in [-0.39, 0.29) is 33.6 Å². The van der Waals surface area contributed by atoms with Crippen molar-refractivity contribution in [2.45, 2.75) is 43.8 Å². The minimum absolute atomic E-state index is 0.00426. The Hall–Kier alpha value is -1.67. The Bertz CT molecular complexity index is 1250. The van der Waals surface area contributed by atoms with Gasteiger partial charge in [0.05, 0.1) is 10.6 Å². The third-order valence-electron chi connectivity index (χ3n) is 6.84. The van der Waals surface area contributed by atoms with Crippen LogP contribution in [0.2, 0.25) is 28.2 Å². The molecule has 1 heterocycles. The summed E-state index contributed by atoms with van der Waals surface area (Å²) in [6.45, 7) is 11.9. The molecule has 2 aromatic rings. The van der Waals surface area contributed by atoms with Gasteiger partial charge in [-0.2, -0.15) is 9.57 Å². The highest BCUT2D eigenvalue weighted by molar-refractivity contribution is 7.89. The van der Waals surface area contributed by atoms with Crippen molar-refractivity contribution in [1.82, 2.24) is 4.31 Å². The first kappa shape index (κ1) is 27.9. The van der Waals surface area contributed by atoms with Crippen molar-refractivity contribution in [1.29, 1.82) is 5.26 Å². The Morgan fingerprint density at radius 2 is 1.86 bits per heavy atom. The largest absolute Gasteiger partial charge is 0.416 e. The summed E-state index contributed by atoms with van der Waals surface area (Å²) in [5, 5.41) is 12.6. The van der Waals surface area contributed by atoms with Crippen LogP contribution < -0.4 is 5.32 Å². The predicted octanol–water partition coefficient (Wildman–Crippen LogP) is 6.13. The molecule has 3 rings (SSSR count). The fourth-order valence-electron chi connectivity index (χ4n) is 3.50. The Morgan fingerprint density at radius 1 is 1.20 bits per heavy atom. The van der Waals surface area contributed by atoms with Crippen LogP contribution in [0.25, 0.3) is 0 Å². The van der Waals surface area contributed by atoms with Crippen molar-refractivity contribution in [3.63, 3.8) is 0 Å². The molecule has 1 aliphatic rings. The molecule has 1 aliphatic heterocycles. The Labute approximate surface area is 218 Å². The van der Waals surface area contributed by atoms with Crippen molar-refractivity contribution >= 4 is 47.2 Å². The smallest absolute Gasteiger partial charge is 0.244 e. The highest BCUT2D eigenvalue weighted by Gasteiger charge is 2.50.